The van der Waals surface area contributed by atoms with Crippen LogP contribution in [0.4, 0.5) is 18.9 Å². The Morgan fingerprint density at radius 1 is 1.05 bits per heavy atom. The van der Waals surface area contributed by atoms with Crippen LogP contribution in [-0.4, -0.2) is 64.2 Å². The standard InChI is InChI=1S/C30H32F3N5O3/c1-4-25(39)15-24-17-28(35-19-34-24)41-27-14-21(7-6-20(27)3)29(40)36-23-9-8-22(26(16-23)30(31,32)33)18-38-12-10-37(5-2)11-13-38/h4,6-9,14,16-17,19H,1,5,10-13,15,18H2,2-3H3,(H,36,40). The zero-order chi connectivity index (χ0) is 29.6. The highest BCUT2D eigenvalue weighted by molar-refractivity contribution is 6.04. The fourth-order valence-corrected chi connectivity index (χ4v) is 4.51. The van der Waals surface area contributed by atoms with Crippen LogP contribution < -0.4 is 10.1 Å². The number of ether oxygens (including phenoxy) is 1. The fraction of sp³-hybridized carbons (Fsp3) is 0.333. The van der Waals surface area contributed by atoms with E-state index in [1.165, 1.54) is 36.7 Å². The number of benzene rings is 2. The van der Waals surface area contributed by atoms with E-state index in [0.717, 1.165) is 25.7 Å². The predicted molar refractivity (Wildman–Crippen MR) is 149 cm³/mol. The van der Waals surface area contributed by atoms with Crippen molar-refractivity contribution in [3.8, 4) is 11.6 Å². The van der Waals surface area contributed by atoms with Crippen molar-refractivity contribution < 1.29 is 27.5 Å². The van der Waals surface area contributed by atoms with Gasteiger partial charge in [0.1, 0.15) is 12.1 Å². The van der Waals surface area contributed by atoms with Crippen molar-refractivity contribution in [1.82, 2.24) is 19.8 Å². The number of ketones is 1. The third kappa shape index (κ3) is 7.99. The molecular formula is C30H32F3N5O3. The molecule has 0 unspecified atom stereocenters. The van der Waals surface area contributed by atoms with E-state index in [9.17, 15) is 22.8 Å². The van der Waals surface area contributed by atoms with Crippen LogP contribution >= 0.6 is 0 Å². The van der Waals surface area contributed by atoms with Crippen molar-refractivity contribution >= 4 is 17.4 Å². The van der Waals surface area contributed by atoms with E-state index in [0.29, 0.717) is 30.1 Å². The van der Waals surface area contributed by atoms with Crippen LogP contribution in [0.25, 0.3) is 0 Å². The molecule has 1 aromatic heterocycles. The van der Waals surface area contributed by atoms with E-state index in [-0.39, 0.29) is 41.4 Å². The molecule has 2 aromatic carbocycles. The number of aryl methyl sites for hydroxylation is 1. The molecule has 1 aliphatic rings. The van der Waals surface area contributed by atoms with Crippen LogP contribution in [-0.2, 0) is 23.9 Å². The van der Waals surface area contributed by atoms with Crippen LogP contribution in [0.15, 0.2) is 61.4 Å². The van der Waals surface area contributed by atoms with Gasteiger partial charge in [0.15, 0.2) is 5.78 Å². The molecule has 1 N–H and O–H groups in total. The first-order valence-electron chi connectivity index (χ1n) is 13.3. The molecule has 1 aliphatic heterocycles. The monoisotopic (exact) mass is 567 g/mol. The normalized spacial score (nSPS) is 14.5. The molecule has 0 atom stereocenters. The van der Waals surface area contributed by atoms with Crippen LogP contribution in [0.2, 0.25) is 0 Å². The van der Waals surface area contributed by atoms with Gasteiger partial charge < -0.3 is 15.0 Å². The molecule has 0 saturated carbocycles. The Labute approximate surface area is 236 Å². The first kappa shape index (κ1) is 29.9. The second-order valence-corrected chi connectivity index (χ2v) is 9.81. The summed E-state index contributed by atoms with van der Waals surface area (Å²) >= 11 is 0. The summed E-state index contributed by atoms with van der Waals surface area (Å²) in [6, 6.07) is 10.1. The smallest absolute Gasteiger partial charge is 0.416 e. The lowest BCUT2D eigenvalue weighted by Gasteiger charge is -2.34. The molecule has 1 saturated heterocycles. The van der Waals surface area contributed by atoms with Crippen molar-refractivity contribution in [3.05, 3.63) is 89.4 Å². The second-order valence-electron chi connectivity index (χ2n) is 9.81. The van der Waals surface area contributed by atoms with E-state index in [1.807, 2.05) is 4.90 Å². The number of anilines is 1. The molecule has 0 spiro atoms. The van der Waals surface area contributed by atoms with Gasteiger partial charge in [-0.15, -0.1) is 0 Å². The Bertz CT molecular complexity index is 1420. The summed E-state index contributed by atoms with van der Waals surface area (Å²) in [7, 11) is 0. The lowest BCUT2D eigenvalue weighted by molar-refractivity contribution is -0.138. The molecule has 0 bridgehead atoms. The Kier molecular flexibility index (Phi) is 9.51. The number of nitrogens with one attached hydrogen (secondary N) is 1. The number of hydrogen-bond donors (Lipinski definition) is 1. The maximum atomic E-state index is 14.0. The number of likely N-dealkylation sites (N-methyl/N-ethyl adjacent to an activating group) is 1. The quantitative estimate of drug-likeness (QED) is 0.334. The zero-order valence-electron chi connectivity index (χ0n) is 23.0. The number of carbonyl (C=O) groups is 2. The maximum Gasteiger partial charge on any atom is 0.416 e. The van der Waals surface area contributed by atoms with Crippen molar-refractivity contribution in [3.63, 3.8) is 0 Å². The van der Waals surface area contributed by atoms with Crippen molar-refractivity contribution in [1.29, 1.82) is 0 Å². The summed E-state index contributed by atoms with van der Waals surface area (Å²) in [6.07, 6.45) is -2.06. The van der Waals surface area contributed by atoms with Gasteiger partial charge in [0, 0.05) is 50.0 Å². The molecule has 1 amide bonds. The Morgan fingerprint density at radius 2 is 1.78 bits per heavy atom. The largest absolute Gasteiger partial charge is 0.439 e. The summed E-state index contributed by atoms with van der Waals surface area (Å²) in [4.78, 5) is 37.1. The van der Waals surface area contributed by atoms with Crippen LogP contribution in [0.1, 0.15) is 39.7 Å². The van der Waals surface area contributed by atoms with Gasteiger partial charge in [-0.3, -0.25) is 14.5 Å². The van der Waals surface area contributed by atoms with Gasteiger partial charge in [-0.05, 0) is 54.9 Å². The third-order valence-electron chi connectivity index (χ3n) is 6.93. The van der Waals surface area contributed by atoms with E-state index in [4.69, 9.17) is 4.74 Å². The average Bonchev–Trinajstić information content (AvgIpc) is 2.95. The van der Waals surface area contributed by atoms with Gasteiger partial charge >= 0.3 is 6.18 Å². The molecule has 0 aliphatic carbocycles. The molecule has 1 fully saturated rings. The summed E-state index contributed by atoms with van der Waals surface area (Å²) in [5.41, 5.74) is 0.775. The van der Waals surface area contributed by atoms with Gasteiger partial charge in [0.25, 0.3) is 5.91 Å². The van der Waals surface area contributed by atoms with Crippen LogP contribution in [0.3, 0.4) is 0 Å². The van der Waals surface area contributed by atoms with Gasteiger partial charge in [-0.2, -0.15) is 13.2 Å². The van der Waals surface area contributed by atoms with Crippen LogP contribution in [0, 0.1) is 6.92 Å². The average molecular weight is 568 g/mol. The van der Waals surface area contributed by atoms with Gasteiger partial charge in [0.05, 0.1) is 17.7 Å². The fourth-order valence-electron chi connectivity index (χ4n) is 4.51. The van der Waals surface area contributed by atoms with E-state index in [2.05, 4.69) is 33.7 Å². The molecule has 8 nitrogen and oxygen atoms in total. The minimum absolute atomic E-state index is 0.0391. The minimum atomic E-state index is -4.57. The number of allylic oxidation sites excluding steroid dienone is 1. The Balaban J connectivity index is 1.49. The lowest BCUT2D eigenvalue weighted by Crippen LogP contribution is -2.45. The van der Waals surface area contributed by atoms with Gasteiger partial charge in [-0.25, -0.2) is 9.97 Å². The minimum Gasteiger partial charge on any atom is -0.439 e. The molecular weight excluding hydrogens is 535 g/mol. The van der Waals surface area contributed by atoms with Crippen molar-refractivity contribution in [2.24, 2.45) is 0 Å². The lowest BCUT2D eigenvalue weighted by atomic mass is 10.0. The first-order chi connectivity index (χ1) is 19.5. The molecule has 2 heterocycles. The zero-order valence-corrected chi connectivity index (χ0v) is 23.0. The number of halogens is 3. The van der Waals surface area contributed by atoms with Crippen molar-refractivity contribution in [2.45, 2.75) is 33.0 Å². The summed E-state index contributed by atoms with van der Waals surface area (Å²) in [6.45, 7) is 11.4. The molecule has 0 radical (unpaired) electrons. The Morgan fingerprint density at radius 3 is 2.46 bits per heavy atom. The van der Waals surface area contributed by atoms with E-state index in [1.54, 1.807) is 19.1 Å². The molecule has 216 valence electrons. The highest BCUT2D eigenvalue weighted by atomic mass is 19.4. The number of piperazine rings is 1. The summed E-state index contributed by atoms with van der Waals surface area (Å²) in [5, 5.41) is 2.58. The Hall–Kier alpha value is -4.09. The number of aromatic nitrogens is 2. The first-order valence-corrected chi connectivity index (χ1v) is 13.3. The summed E-state index contributed by atoms with van der Waals surface area (Å²) in [5.74, 6) is -0.298. The summed E-state index contributed by atoms with van der Waals surface area (Å²) < 4.78 is 47.8. The number of amides is 1. The topological polar surface area (TPSA) is 87.7 Å². The predicted octanol–water partition coefficient (Wildman–Crippen LogP) is 5.28. The van der Waals surface area contributed by atoms with Crippen LogP contribution in [0.5, 0.6) is 11.6 Å². The molecule has 3 aromatic rings. The van der Waals surface area contributed by atoms with Crippen molar-refractivity contribution in [2.75, 3.05) is 38.0 Å². The number of nitrogens with zero attached hydrogens (tertiary/aromatic N) is 4. The second kappa shape index (κ2) is 13.0. The third-order valence-corrected chi connectivity index (χ3v) is 6.93. The number of hydrogen-bond acceptors (Lipinski definition) is 7. The maximum absolute atomic E-state index is 14.0. The van der Waals surface area contributed by atoms with E-state index >= 15 is 0 Å². The van der Waals surface area contributed by atoms with Gasteiger partial charge in [-0.1, -0.05) is 25.6 Å². The SMILES string of the molecule is C=CC(=O)Cc1cc(Oc2cc(C(=O)Nc3ccc(CN4CCN(CC)CC4)c(C(F)(F)F)c3)ccc2C)ncn1. The number of alkyl halides is 3. The number of carbonyl (C=O) groups excluding carboxylic acids is 2. The molecule has 4 rings (SSSR count). The van der Waals surface area contributed by atoms with E-state index < -0.39 is 17.6 Å². The highest BCUT2D eigenvalue weighted by Gasteiger charge is 2.34. The number of rotatable bonds is 10. The molecule has 41 heavy (non-hydrogen) atoms. The van der Waals surface area contributed by atoms with Gasteiger partial charge in [0.2, 0.25) is 5.88 Å². The molecule has 11 heteroatoms. The highest BCUT2D eigenvalue weighted by Crippen LogP contribution is 2.35.